The van der Waals surface area contributed by atoms with E-state index in [9.17, 15) is 0 Å². The highest BCUT2D eigenvalue weighted by atomic mass is 32.1. The lowest BCUT2D eigenvalue weighted by atomic mass is 10.1. The summed E-state index contributed by atoms with van der Waals surface area (Å²) in [6.07, 6.45) is 7.38. The number of hydrogen-bond acceptors (Lipinski definition) is 1. The molecular formula is C15H18N2S. The van der Waals surface area contributed by atoms with E-state index in [2.05, 4.69) is 40.7 Å². The predicted molar refractivity (Wildman–Crippen MR) is 78.4 cm³/mol. The molecule has 1 aliphatic rings. The van der Waals surface area contributed by atoms with Crippen LogP contribution in [0.2, 0.25) is 0 Å². The van der Waals surface area contributed by atoms with Crippen molar-refractivity contribution in [1.29, 1.82) is 0 Å². The van der Waals surface area contributed by atoms with Crippen LogP contribution in [-0.2, 0) is 6.54 Å². The molecule has 18 heavy (non-hydrogen) atoms. The standard InChI is InChI=1S/C15H18N2S/c1-11-6-7-13-14(10-11)17(15(18)16-13)9-8-12-4-2-3-5-12/h4,6-7,10H,2-3,5,8-9H2,1H3,(H,16,18). The number of benzene rings is 1. The summed E-state index contributed by atoms with van der Waals surface area (Å²) < 4.78 is 3.07. The van der Waals surface area contributed by atoms with Gasteiger partial charge in [0.25, 0.3) is 0 Å². The van der Waals surface area contributed by atoms with Crippen LogP contribution in [0, 0.1) is 11.7 Å². The first-order chi connectivity index (χ1) is 8.74. The Bertz CT molecular complexity index is 661. The Morgan fingerprint density at radius 1 is 1.39 bits per heavy atom. The van der Waals surface area contributed by atoms with Gasteiger partial charge in [-0.3, -0.25) is 0 Å². The van der Waals surface area contributed by atoms with Gasteiger partial charge < -0.3 is 9.55 Å². The molecule has 0 fully saturated rings. The lowest BCUT2D eigenvalue weighted by molar-refractivity contribution is 0.688. The van der Waals surface area contributed by atoms with Gasteiger partial charge in [-0.1, -0.05) is 17.7 Å². The molecule has 0 aliphatic heterocycles. The molecule has 0 saturated heterocycles. The highest BCUT2D eigenvalue weighted by Crippen LogP contribution is 2.23. The molecule has 0 saturated carbocycles. The van der Waals surface area contributed by atoms with Gasteiger partial charge in [-0.25, -0.2) is 0 Å². The van der Waals surface area contributed by atoms with Gasteiger partial charge in [0.05, 0.1) is 11.0 Å². The third kappa shape index (κ3) is 2.15. The second kappa shape index (κ2) is 4.73. The SMILES string of the molecule is Cc1ccc2[nH]c(=S)n(CCC3=CCCC3)c2c1. The van der Waals surface area contributed by atoms with Crippen molar-refractivity contribution >= 4 is 23.3 Å². The van der Waals surface area contributed by atoms with Crippen LogP contribution in [0.1, 0.15) is 31.2 Å². The van der Waals surface area contributed by atoms with E-state index < -0.39 is 0 Å². The number of rotatable bonds is 3. The van der Waals surface area contributed by atoms with Crippen LogP contribution in [0.15, 0.2) is 29.8 Å². The Labute approximate surface area is 112 Å². The van der Waals surface area contributed by atoms with Gasteiger partial charge in [-0.15, -0.1) is 0 Å². The van der Waals surface area contributed by atoms with Crippen LogP contribution < -0.4 is 0 Å². The zero-order valence-electron chi connectivity index (χ0n) is 10.7. The Hall–Kier alpha value is -1.35. The van der Waals surface area contributed by atoms with Crippen molar-refractivity contribution in [3.63, 3.8) is 0 Å². The molecule has 1 aliphatic carbocycles. The summed E-state index contributed by atoms with van der Waals surface area (Å²) in [7, 11) is 0. The van der Waals surface area contributed by atoms with E-state index in [0.29, 0.717) is 0 Å². The molecule has 3 rings (SSSR count). The summed E-state index contributed by atoms with van der Waals surface area (Å²) >= 11 is 5.42. The fraction of sp³-hybridized carbons (Fsp3) is 0.400. The number of aromatic amines is 1. The van der Waals surface area contributed by atoms with Crippen LogP contribution in [0.5, 0.6) is 0 Å². The molecule has 3 heteroatoms. The molecule has 0 radical (unpaired) electrons. The maximum atomic E-state index is 5.42. The van der Waals surface area contributed by atoms with E-state index in [0.717, 1.165) is 23.3 Å². The summed E-state index contributed by atoms with van der Waals surface area (Å²) in [6, 6.07) is 6.45. The van der Waals surface area contributed by atoms with Gasteiger partial charge in [-0.2, -0.15) is 0 Å². The molecule has 1 aromatic heterocycles. The Morgan fingerprint density at radius 3 is 3.06 bits per heavy atom. The number of aryl methyl sites for hydroxylation is 2. The highest BCUT2D eigenvalue weighted by molar-refractivity contribution is 7.71. The zero-order valence-corrected chi connectivity index (χ0v) is 11.5. The predicted octanol–water partition coefficient (Wildman–Crippen LogP) is 4.51. The van der Waals surface area contributed by atoms with Crippen molar-refractivity contribution in [1.82, 2.24) is 9.55 Å². The van der Waals surface area contributed by atoms with E-state index in [1.54, 1.807) is 5.57 Å². The normalized spacial score (nSPS) is 15.3. The summed E-state index contributed by atoms with van der Waals surface area (Å²) in [5.41, 5.74) is 5.26. The van der Waals surface area contributed by atoms with Crippen molar-refractivity contribution < 1.29 is 0 Å². The van der Waals surface area contributed by atoms with Crippen molar-refractivity contribution in [2.75, 3.05) is 0 Å². The van der Waals surface area contributed by atoms with E-state index >= 15 is 0 Å². The van der Waals surface area contributed by atoms with Gasteiger partial charge in [0.2, 0.25) is 0 Å². The fourth-order valence-electron chi connectivity index (χ4n) is 2.70. The maximum absolute atomic E-state index is 5.42. The van der Waals surface area contributed by atoms with Gasteiger partial charge >= 0.3 is 0 Å². The minimum absolute atomic E-state index is 0.842. The molecule has 1 aromatic carbocycles. The van der Waals surface area contributed by atoms with Gasteiger partial charge in [-0.05, 0) is 62.5 Å². The first-order valence-corrected chi connectivity index (χ1v) is 7.02. The third-order valence-electron chi connectivity index (χ3n) is 3.72. The Balaban J connectivity index is 1.92. The molecule has 94 valence electrons. The molecule has 0 bridgehead atoms. The van der Waals surface area contributed by atoms with Crippen LogP contribution in [0.25, 0.3) is 11.0 Å². The van der Waals surface area contributed by atoms with Crippen molar-refractivity contribution in [2.24, 2.45) is 0 Å². The van der Waals surface area contributed by atoms with Gasteiger partial charge in [0.15, 0.2) is 4.77 Å². The molecular weight excluding hydrogens is 240 g/mol. The zero-order chi connectivity index (χ0) is 12.5. The summed E-state index contributed by atoms with van der Waals surface area (Å²) in [6.45, 7) is 3.12. The topological polar surface area (TPSA) is 20.7 Å². The second-order valence-corrected chi connectivity index (χ2v) is 5.49. The number of hydrogen-bond donors (Lipinski definition) is 1. The average Bonchev–Trinajstić information content (AvgIpc) is 2.94. The van der Waals surface area contributed by atoms with Crippen molar-refractivity contribution in [3.8, 4) is 0 Å². The largest absolute Gasteiger partial charge is 0.331 e. The molecule has 2 nitrogen and oxygen atoms in total. The average molecular weight is 258 g/mol. The van der Waals surface area contributed by atoms with Gasteiger partial charge in [0.1, 0.15) is 0 Å². The van der Waals surface area contributed by atoms with Crippen molar-refractivity contribution in [2.45, 2.75) is 39.2 Å². The third-order valence-corrected chi connectivity index (χ3v) is 4.04. The lowest BCUT2D eigenvalue weighted by Gasteiger charge is -2.06. The number of allylic oxidation sites excluding steroid dienone is 2. The summed E-state index contributed by atoms with van der Waals surface area (Å²) in [5.74, 6) is 0. The fourth-order valence-corrected chi connectivity index (χ4v) is 3.00. The van der Waals surface area contributed by atoms with Crippen molar-refractivity contribution in [3.05, 3.63) is 40.2 Å². The number of nitrogens with zero attached hydrogens (tertiary/aromatic N) is 1. The molecule has 1 N–H and O–H groups in total. The smallest absolute Gasteiger partial charge is 0.178 e. The Morgan fingerprint density at radius 2 is 2.28 bits per heavy atom. The Kier molecular flexibility index (Phi) is 3.08. The summed E-state index contributed by atoms with van der Waals surface area (Å²) in [4.78, 5) is 3.29. The second-order valence-electron chi connectivity index (χ2n) is 5.11. The summed E-state index contributed by atoms with van der Waals surface area (Å²) in [5, 5.41) is 0. The van der Waals surface area contributed by atoms with E-state index in [1.807, 2.05) is 0 Å². The highest BCUT2D eigenvalue weighted by Gasteiger charge is 2.08. The van der Waals surface area contributed by atoms with Crippen LogP contribution in [0.3, 0.4) is 0 Å². The van der Waals surface area contributed by atoms with E-state index in [-0.39, 0.29) is 0 Å². The molecule has 0 unspecified atom stereocenters. The van der Waals surface area contributed by atoms with Gasteiger partial charge in [0, 0.05) is 6.54 Å². The first kappa shape index (κ1) is 11.7. The van der Waals surface area contributed by atoms with Crippen LogP contribution in [-0.4, -0.2) is 9.55 Å². The number of aromatic nitrogens is 2. The van der Waals surface area contributed by atoms with Crippen LogP contribution >= 0.6 is 12.2 Å². The molecule has 1 heterocycles. The number of imidazole rings is 1. The number of nitrogens with one attached hydrogen (secondary N) is 1. The van der Waals surface area contributed by atoms with E-state index in [4.69, 9.17) is 12.2 Å². The lowest BCUT2D eigenvalue weighted by Crippen LogP contribution is -1.99. The monoisotopic (exact) mass is 258 g/mol. The number of H-pyrrole nitrogens is 1. The maximum Gasteiger partial charge on any atom is 0.178 e. The molecule has 2 aromatic rings. The molecule has 0 atom stereocenters. The van der Waals surface area contributed by atoms with E-state index in [1.165, 1.54) is 30.3 Å². The first-order valence-electron chi connectivity index (χ1n) is 6.61. The minimum atomic E-state index is 0.842. The quantitative estimate of drug-likeness (QED) is 0.634. The minimum Gasteiger partial charge on any atom is -0.331 e. The van der Waals surface area contributed by atoms with Crippen LogP contribution in [0.4, 0.5) is 0 Å². The molecule has 0 spiro atoms. The molecule has 0 amide bonds. The number of fused-ring (bicyclic) bond motifs is 1.